The molecule has 3 N–H and O–H groups in total. The molecule has 0 aromatic heterocycles. The second-order valence-electron chi connectivity index (χ2n) is 4.48. The standard InChI is InChI=1S/C13H17NO3/c15-11-6-2-1-5-10(11)12(13(16)17)9-4-3-7-14-8-9/h1-2,5-6,9,12,14-15H,3-4,7-8H2,(H,16,17). The third kappa shape index (κ3) is 2.58. The smallest absolute Gasteiger partial charge is 0.311 e. The number of hydrogen-bond acceptors (Lipinski definition) is 3. The van der Waals surface area contributed by atoms with Crippen LogP contribution >= 0.6 is 0 Å². The van der Waals surface area contributed by atoms with E-state index in [-0.39, 0.29) is 11.7 Å². The summed E-state index contributed by atoms with van der Waals surface area (Å²) in [6.45, 7) is 1.65. The van der Waals surface area contributed by atoms with Crippen molar-refractivity contribution in [3.05, 3.63) is 29.8 Å². The fraction of sp³-hybridized carbons (Fsp3) is 0.462. The van der Waals surface area contributed by atoms with E-state index in [1.807, 2.05) is 0 Å². The van der Waals surface area contributed by atoms with E-state index in [9.17, 15) is 15.0 Å². The number of carboxylic acids is 1. The molecule has 1 aromatic carbocycles. The summed E-state index contributed by atoms with van der Waals surface area (Å²) in [5, 5.41) is 22.4. The molecule has 1 aliphatic rings. The molecule has 1 fully saturated rings. The first-order valence-electron chi connectivity index (χ1n) is 5.91. The van der Waals surface area contributed by atoms with Gasteiger partial charge in [0.2, 0.25) is 0 Å². The van der Waals surface area contributed by atoms with Gasteiger partial charge in [-0.3, -0.25) is 4.79 Å². The predicted molar refractivity (Wildman–Crippen MR) is 64.1 cm³/mol. The first-order chi connectivity index (χ1) is 8.20. The van der Waals surface area contributed by atoms with E-state index >= 15 is 0 Å². The summed E-state index contributed by atoms with van der Waals surface area (Å²) in [7, 11) is 0. The molecule has 0 spiro atoms. The lowest BCUT2D eigenvalue weighted by atomic mass is 9.81. The van der Waals surface area contributed by atoms with Crippen LogP contribution in [0.25, 0.3) is 0 Å². The van der Waals surface area contributed by atoms with Crippen molar-refractivity contribution in [1.29, 1.82) is 0 Å². The van der Waals surface area contributed by atoms with Gasteiger partial charge in [-0.25, -0.2) is 0 Å². The van der Waals surface area contributed by atoms with E-state index < -0.39 is 11.9 Å². The Morgan fingerprint density at radius 1 is 1.41 bits per heavy atom. The molecule has 0 radical (unpaired) electrons. The minimum atomic E-state index is -0.861. The molecule has 0 saturated carbocycles. The quantitative estimate of drug-likeness (QED) is 0.743. The average molecular weight is 235 g/mol. The lowest BCUT2D eigenvalue weighted by Gasteiger charge is -2.28. The molecule has 2 rings (SSSR count). The summed E-state index contributed by atoms with van der Waals surface area (Å²) in [5.74, 6) is -1.36. The highest BCUT2D eigenvalue weighted by Gasteiger charge is 2.32. The molecule has 1 aliphatic heterocycles. The maximum atomic E-state index is 11.4. The molecule has 4 heteroatoms. The van der Waals surface area contributed by atoms with Crippen LogP contribution in [0.5, 0.6) is 5.75 Å². The molecule has 4 nitrogen and oxygen atoms in total. The first-order valence-corrected chi connectivity index (χ1v) is 5.91. The third-order valence-corrected chi connectivity index (χ3v) is 3.34. The summed E-state index contributed by atoms with van der Waals surface area (Å²) in [5.41, 5.74) is 0.522. The molecule has 17 heavy (non-hydrogen) atoms. The predicted octanol–water partition coefficient (Wildman–Crippen LogP) is 1.56. The monoisotopic (exact) mass is 235 g/mol. The Hall–Kier alpha value is -1.55. The van der Waals surface area contributed by atoms with Crippen LogP contribution in [0.4, 0.5) is 0 Å². The lowest BCUT2D eigenvalue weighted by molar-refractivity contribution is -0.140. The summed E-state index contributed by atoms with van der Waals surface area (Å²) < 4.78 is 0. The number of aliphatic carboxylic acids is 1. The number of nitrogens with one attached hydrogen (secondary N) is 1. The number of phenols is 1. The van der Waals surface area contributed by atoms with Crippen molar-refractivity contribution in [2.24, 2.45) is 5.92 Å². The van der Waals surface area contributed by atoms with Gasteiger partial charge < -0.3 is 15.5 Å². The topological polar surface area (TPSA) is 69.6 Å². The second-order valence-corrected chi connectivity index (χ2v) is 4.48. The number of carbonyl (C=O) groups is 1. The van der Waals surface area contributed by atoms with Gasteiger partial charge in [-0.15, -0.1) is 0 Å². The molecule has 92 valence electrons. The van der Waals surface area contributed by atoms with Crippen molar-refractivity contribution in [1.82, 2.24) is 5.32 Å². The SMILES string of the molecule is O=C(O)C(c1ccccc1O)C1CCCNC1. The maximum absolute atomic E-state index is 11.4. The fourth-order valence-corrected chi connectivity index (χ4v) is 2.50. The van der Waals surface area contributed by atoms with Crippen molar-refractivity contribution in [2.45, 2.75) is 18.8 Å². The van der Waals surface area contributed by atoms with E-state index in [0.717, 1.165) is 19.4 Å². The summed E-state index contributed by atoms with van der Waals surface area (Å²) in [6.07, 6.45) is 1.88. The van der Waals surface area contributed by atoms with E-state index in [4.69, 9.17) is 0 Å². The van der Waals surface area contributed by atoms with Crippen molar-refractivity contribution in [3.8, 4) is 5.75 Å². The van der Waals surface area contributed by atoms with E-state index in [0.29, 0.717) is 12.1 Å². The van der Waals surface area contributed by atoms with Crippen LogP contribution in [-0.4, -0.2) is 29.3 Å². The minimum Gasteiger partial charge on any atom is -0.508 e. The highest BCUT2D eigenvalue weighted by Crippen LogP contribution is 2.34. The normalized spacial score (nSPS) is 22.0. The minimum absolute atomic E-state index is 0.0505. The zero-order valence-corrected chi connectivity index (χ0v) is 9.60. The first kappa shape index (κ1) is 11.9. The Balaban J connectivity index is 2.28. The van der Waals surface area contributed by atoms with Gasteiger partial charge in [-0.2, -0.15) is 0 Å². The summed E-state index contributed by atoms with van der Waals surface area (Å²) in [4.78, 5) is 11.4. The lowest BCUT2D eigenvalue weighted by Crippen LogP contribution is -2.36. The van der Waals surface area contributed by atoms with Crippen LogP contribution in [0.3, 0.4) is 0 Å². The van der Waals surface area contributed by atoms with E-state index in [1.165, 1.54) is 0 Å². The Morgan fingerprint density at radius 3 is 2.76 bits per heavy atom. The highest BCUT2D eigenvalue weighted by molar-refractivity contribution is 5.77. The van der Waals surface area contributed by atoms with Crippen LogP contribution in [0.2, 0.25) is 0 Å². The Labute approximate surface area is 100 Å². The van der Waals surface area contributed by atoms with Crippen molar-refractivity contribution >= 4 is 5.97 Å². The van der Waals surface area contributed by atoms with Crippen molar-refractivity contribution in [2.75, 3.05) is 13.1 Å². The number of hydrogen-bond donors (Lipinski definition) is 3. The largest absolute Gasteiger partial charge is 0.508 e. The van der Waals surface area contributed by atoms with E-state index in [1.54, 1.807) is 24.3 Å². The number of benzene rings is 1. The van der Waals surface area contributed by atoms with Crippen molar-refractivity contribution < 1.29 is 15.0 Å². The van der Waals surface area contributed by atoms with Crippen LogP contribution in [0.1, 0.15) is 24.3 Å². The van der Waals surface area contributed by atoms with Crippen LogP contribution in [0.15, 0.2) is 24.3 Å². The zero-order valence-electron chi connectivity index (χ0n) is 9.60. The molecule has 0 amide bonds. The Bertz CT molecular complexity index is 399. The van der Waals surface area contributed by atoms with E-state index in [2.05, 4.69) is 5.32 Å². The van der Waals surface area contributed by atoms with Gasteiger partial charge in [0.1, 0.15) is 5.75 Å². The van der Waals surface area contributed by atoms with Crippen molar-refractivity contribution in [3.63, 3.8) is 0 Å². The number of phenolic OH excluding ortho intramolecular Hbond substituents is 1. The van der Waals surface area contributed by atoms with Crippen LogP contribution < -0.4 is 5.32 Å². The Kier molecular flexibility index (Phi) is 3.64. The summed E-state index contributed by atoms with van der Waals surface area (Å²) >= 11 is 0. The highest BCUT2D eigenvalue weighted by atomic mass is 16.4. The maximum Gasteiger partial charge on any atom is 0.311 e. The second kappa shape index (κ2) is 5.19. The molecule has 1 saturated heterocycles. The van der Waals surface area contributed by atoms with Gasteiger partial charge in [-0.05, 0) is 37.9 Å². The van der Waals surface area contributed by atoms with Gasteiger partial charge in [0.05, 0.1) is 5.92 Å². The average Bonchev–Trinajstić information content (AvgIpc) is 2.33. The van der Waals surface area contributed by atoms with Gasteiger partial charge in [-0.1, -0.05) is 18.2 Å². The number of piperidine rings is 1. The number of rotatable bonds is 3. The molecular formula is C13H17NO3. The molecule has 2 atom stereocenters. The zero-order chi connectivity index (χ0) is 12.3. The van der Waals surface area contributed by atoms with Gasteiger partial charge >= 0.3 is 5.97 Å². The van der Waals surface area contributed by atoms with Gasteiger partial charge in [0.15, 0.2) is 0 Å². The number of aromatic hydroxyl groups is 1. The van der Waals surface area contributed by atoms with Crippen LogP contribution in [-0.2, 0) is 4.79 Å². The molecule has 0 bridgehead atoms. The molecule has 0 aliphatic carbocycles. The third-order valence-electron chi connectivity index (χ3n) is 3.34. The summed E-state index contributed by atoms with van der Waals surface area (Å²) in [6, 6.07) is 6.71. The van der Waals surface area contributed by atoms with Gasteiger partial charge in [0, 0.05) is 5.56 Å². The molecule has 2 unspecified atom stereocenters. The van der Waals surface area contributed by atoms with Gasteiger partial charge in [0.25, 0.3) is 0 Å². The van der Waals surface area contributed by atoms with Crippen LogP contribution in [0, 0.1) is 5.92 Å². The Morgan fingerprint density at radius 2 is 2.18 bits per heavy atom. The fourth-order valence-electron chi connectivity index (χ4n) is 2.50. The number of carboxylic acid groups (broad SMARTS) is 1. The molecule has 1 heterocycles. The molecular weight excluding hydrogens is 218 g/mol. The molecule has 1 aromatic rings. The number of para-hydroxylation sites is 1.